The van der Waals surface area contributed by atoms with Gasteiger partial charge < -0.3 is 16.0 Å². The number of nitrogens with two attached hydrogens (primary N) is 1. The van der Waals surface area contributed by atoms with Crippen LogP contribution in [0.5, 0.6) is 0 Å². The van der Waals surface area contributed by atoms with E-state index < -0.39 is 0 Å². The number of fused-ring (bicyclic) bond motifs is 1. The maximum atomic E-state index is 5.80. The van der Waals surface area contributed by atoms with Crippen molar-refractivity contribution < 1.29 is 0 Å². The monoisotopic (exact) mass is 297 g/mol. The van der Waals surface area contributed by atoms with Crippen LogP contribution < -0.4 is 11.1 Å². The molecule has 0 bridgehead atoms. The smallest absolute Gasteiger partial charge is 0.0418 e. The van der Waals surface area contributed by atoms with Crippen molar-refractivity contribution in [2.75, 3.05) is 19.4 Å². The molecule has 1 aliphatic heterocycles. The van der Waals surface area contributed by atoms with Crippen molar-refractivity contribution in [2.24, 2.45) is 5.73 Å². The Morgan fingerprint density at radius 2 is 2.09 bits per heavy atom. The zero-order valence-electron chi connectivity index (χ0n) is 14.1. The fourth-order valence-electron chi connectivity index (χ4n) is 2.54. The number of nitrogens with one attached hydrogen (secondary N) is 1. The number of hydrogen-bond donors (Lipinski definition) is 2. The van der Waals surface area contributed by atoms with Crippen LogP contribution in [0.1, 0.15) is 31.4 Å². The minimum absolute atomic E-state index is 0.0523. The first-order chi connectivity index (χ1) is 10.4. The Kier molecular flexibility index (Phi) is 5.09. The standard InChI is InChI=1S/C19H27N3/c1-19(2)10-7-15(9-12-22(3)4)8-11-21-18-6-5-16(14-20)13-17(18)19/h5-9,11-13,21H,10,14,20H2,1-4H3/b11-8-,12-9+,15-7?. The van der Waals surface area contributed by atoms with Gasteiger partial charge in [-0.2, -0.15) is 0 Å². The Balaban J connectivity index is 2.38. The van der Waals surface area contributed by atoms with Crippen LogP contribution >= 0.6 is 0 Å². The quantitative estimate of drug-likeness (QED) is 0.892. The van der Waals surface area contributed by atoms with E-state index in [2.05, 4.69) is 61.8 Å². The molecule has 118 valence electrons. The summed E-state index contributed by atoms with van der Waals surface area (Å²) in [5.74, 6) is 0. The lowest BCUT2D eigenvalue weighted by molar-refractivity contribution is 0.534. The van der Waals surface area contributed by atoms with E-state index in [1.165, 1.54) is 16.7 Å². The Labute approximate surface area is 134 Å². The van der Waals surface area contributed by atoms with Crippen LogP contribution in [0.2, 0.25) is 0 Å². The topological polar surface area (TPSA) is 41.3 Å². The summed E-state index contributed by atoms with van der Waals surface area (Å²) in [5, 5.41) is 3.42. The van der Waals surface area contributed by atoms with Crippen molar-refractivity contribution >= 4 is 5.69 Å². The van der Waals surface area contributed by atoms with Crippen LogP contribution in [0.3, 0.4) is 0 Å². The van der Waals surface area contributed by atoms with E-state index in [-0.39, 0.29) is 5.41 Å². The highest BCUT2D eigenvalue weighted by Gasteiger charge is 2.23. The molecule has 0 saturated carbocycles. The van der Waals surface area contributed by atoms with Gasteiger partial charge in [-0.3, -0.25) is 0 Å². The zero-order valence-corrected chi connectivity index (χ0v) is 14.1. The van der Waals surface area contributed by atoms with Gasteiger partial charge in [-0.1, -0.05) is 32.1 Å². The van der Waals surface area contributed by atoms with E-state index >= 15 is 0 Å². The molecule has 1 aromatic carbocycles. The Bertz CT molecular complexity index is 607. The minimum Gasteiger partial charge on any atom is -0.383 e. The maximum absolute atomic E-state index is 5.80. The highest BCUT2D eigenvalue weighted by Crippen LogP contribution is 2.35. The average molecular weight is 297 g/mol. The maximum Gasteiger partial charge on any atom is 0.0418 e. The molecule has 0 atom stereocenters. The summed E-state index contributed by atoms with van der Waals surface area (Å²) in [6, 6.07) is 6.45. The van der Waals surface area contributed by atoms with Gasteiger partial charge in [-0.25, -0.2) is 0 Å². The fourth-order valence-corrected chi connectivity index (χ4v) is 2.54. The second kappa shape index (κ2) is 6.84. The Hall–Kier alpha value is -2.00. The molecule has 22 heavy (non-hydrogen) atoms. The summed E-state index contributed by atoms with van der Waals surface area (Å²) >= 11 is 0. The summed E-state index contributed by atoms with van der Waals surface area (Å²) in [4.78, 5) is 2.04. The first-order valence-electron chi connectivity index (χ1n) is 7.74. The van der Waals surface area contributed by atoms with Crippen LogP contribution in [-0.2, 0) is 12.0 Å². The molecule has 3 heteroatoms. The summed E-state index contributed by atoms with van der Waals surface area (Å²) in [5.41, 5.74) is 10.7. The molecule has 0 unspecified atom stereocenters. The van der Waals surface area contributed by atoms with Crippen molar-refractivity contribution in [3.8, 4) is 0 Å². The second-order valence-corrected chi connectivity index (χ2v) is 6.63. The van der Waals surface area contributed by atoms with Crippen molar-refractivity contribution in [3.05, 3.63) is 65.5 Å². The van der Waals surface area contributed by atoms with Gasteiger partial charge in [0.1, 0.15) is 0 Å². The van der Waals surface area contributed by atoms with Crippen LogP contribution in [0.15, 0.2) is 54.4 Å². The normalized spacial score (nSPS) is 18.5. The molecule has 0 aliphatic carbocycles. The Morgan fingerprint density at radius 1 is 1.32 bits per heavy atom. The third kappa shape index (κ3) is 4.01. The van der Waals surface area contributed by atoms with E-state index in [0.717, 1.165) is 12.1 Å². The van der Waals surface area contributed by atoms with Crippen molar-refractivity contribution in [1.29, 1.82) is 0 Å². The summed E-state index contributed by atoms with van der Waals surface area (Å²) in [7, 11) is 4.06. The van der Waals surface area contributed by atoms with E-state index in [1.807, 2.05) is 25.2 Å². The van der Waals surface area contributed by atoms with Gasteiger partial charge in [0.15, 0.2) is 0 Å². The zero-order chi connectivity index (χ0) is 16.2. The van der Waals surface area contributed by atoms with Crippen molar-refractivity contribution in [1.82, 2.24) is 4.90 Å². The van der Waals surface area contributed by atoms with Gasteiger partial charge in [0.2, 0.25) is 0 Å². The number of allylic oxidation sites excluding steroid dienone is 4. The molecule has 1 aliphatic rings. The highest BCUT2D eigenvalue weighted by molar-refractivity contribution is 5.58. The molecular formula is C19H27N3. The summed E-state index contributed by atoms with van der Waals surface area (Å²) < 4.78 is 0. The van der Waals surface area contributed by atoms with Gasteiger partial charge in [0, 0.05) is 32.5 Å². The summed E-state index contributed by atoms with van der Waals surface area (Å²) in [6.45, 7) is 5.14. The molecule has 0 spiro atoms. The third-order valence-corrected chi connectivity index (χ3v) is 3.98. The number of benzene rings is 1. The van der Waals surface area contributed by atoms with Gasteiger partial charge in [0.25, 0.3) is 0 Å². The van der Waals surface area contributed by atoms with Crippen molar-refractivity contribution in [2.45, 2.75) is 32.2 Å². The van der Waals surface area contributed by atoms with E-state index in [4.69, 9.17) is 5.73 Å². The van der Waals surface area contributed by atoms with Crippen molar-refractivity contribution in [3.63, 3.8) is 0 Å². The summed E-state index contributed by atoms with van der Waals surface area (Å²) in [6.07, 6.45) is 11.6. The molecule has 1 aromatic rings. The molecule has 0 aromatic heterocycles. The van der Waals surface area contributed by atoms with E-state index in [1.54, 1.807) is 0 Å². The molecule has 3 N–H and O–H groups in total. The van der Waals surface area contributed by atoms with Crippen LogP contribution in [0.4, 0.5) is 5.69 Å². The van der Waals surface area contributed by atoms with Gasteiger partial charge >= 0.3 is 0 Å². The second-order valence-electron chi connectivity index (χ2n) is 6.63. The lowest BCUT2D eigenvalue weighted by atomic mass is 9.79. The largest absolute Gasteiger partial charge is 0.383 e. The number of hydrogen-bond acceptors (Lipinski definition) is 3. The minimum atomic E-state index is 0.0523. The van der Waals surface area contributed by atoms with Crippen LogP contribution in [-0.4, -0.2) is 19.0 Å². The lowest BCUT2D eigenvalue weighted by Crippen LogP contribution is -2.18. The highest BCUT2D eigenvalue weighted by atomic mass is 15.0. The Morgan fingerprint density at radius 3 is 2.77 bits per heavy atom. The first-order valence-corrected chi connectivity index (χ1v) is 7.74. The fraction of sp³-hybridized carbons (Fsp3) is 0.368. The number of anilines is 1. The van der Waals surface area contributed by atoms with Crippen LogP contribution in [0.25, 0.3) is 0 Å². The molecule has 0 amide bonds. The van der Waals surface area contributed by atoms with Gasteiger partial charge in [0.05, 0.1) is 0 Å². The molecule has 2 rings (SSSR count). The van der Waals surface area contributed by atoms with Crippen LogP contribution in [0, 0.1) is 0 Å². The molecule has 3 nitrogen and oxygen atoms in total. The third-order valence-electron chi connectivity index (χ3n) is 3.98. The van der Waals surface area contributed by atoms with Gasteiger partial charge in [-0.05, 0) is 53.0 Å². The molecule has 0 fully saturated rings. The predicted octanol–water partition coefficient (Wildman–Crippen LogP) is 3.75. The molecular weight excluding hydrogens is 270 g/mol. The lowest BCUT2D eigenvalue weighted by Gasteiger charge is -2.27. The molecule has 0 saturated heterocycles. The predicted molar refractivity (Wildman–Crippen MR) is 95.6 cm³/mol. The average Bonchev–Trinajstić information content (AvgIpc) is 2.54. The number of nitrogens with zero attached hydrogens (tertiary/aromatic N) is 1. The molecule has 1 heterocycles. The first kappa shape index (κ1) is 16.4. The van der Waals surface area contributed by atoms with Gasteiger partial charge in [-0.15, -0.1) is 0 Å². The molecule has 0 radical (unpaired) electrons. The van der Waals surface area contributed by atoms with E-state index in [0.29, 0.717) is 6.54 Å². The SMILES string of the molecule is CN(C)/C=C/C1=CCC(C)(C)c2cc(CN)ccc2N/C=C\1. The number of rotatable bonds is 3. The van der Waals surface area contributed by atoms with E-state index in [9.17, 15) is 0 Å².